The molecule has 1 aliphatic rings. The molecule has 2 amide bonds. The highest BCUT2D eigenvalue weighted by Gasteiger charge is 2.21. The summed E-state index contributed by atoms with van der Waals surface area (Å²) in [6.45, 7) is 7.46. The first-order valence-electron chi connectivity index (χ1n) is 6.46. The number of hydrogen-bond acceptors (Lipinski definition) is 3. The largest absolute Gasteiger partial charge is 0.480 e. The Kier molecular flexibility index (Phi) is 5.91. The molecule has 0 unspecified atom stereocenters. The van der Waals surface area contributed by atoms with Gasteiger partial charge in [-0.15, -0.1) is 0 Å². The second-order valence-corrected chi connectivity index (χ2v) is 5.07. The standard InChI is InChI=1S/C12H23N3O3/c1-10(2)3-4-13-12(18)15-7-5-14(6-8-15)9-11(16)17/h10H,3-9H2,1-2H3,(H,13,18)(H,16,17). The van der Waals surface area contributed by atoms with Crippen molar-refractivity contribution in [2.75, 3.05) is 39.3 Å². The number of carboxylic acid groups (broad SMARTS) is 1. The van der Waals surface area contributed by atoms with Crippen LogP contribution in [0.1, 0.15) is 20.3 Å². The molecule has 0 atom stereocenters. The Morgan fingerprint density at radius 1 is 1.22 bits per heavy atom. The summed E-state index contributed by atoms with van der Waals surface area (Å²) >= 11 is 0. The zero-order valence-corrected chi connectivity index (χ0v) is 11.2. The van der Waals surface area contributed by atoms with Crippen LogP contribution in [0.5, 0.6) is 0 Å². The van der Waals surface area contributed by atoms with Crippen LogP contribution in [-0.4, -0.2) is 66.2 Å². The Hall–Kier alpha value is -1.30. The number of amides is 2. The number of hydrogen-bond donors (Lipinski definition) is 2. The molecule has 0 spiro atoms. The number of rotatable bonds is 5. The summed E-state index contributed by atoms with van der Waals surface area (Å²) in [7, 11) is 0. The molecule has 1 heterocycles. The highest BCUT2D eigenvalue weighted by molar-refractivity contribution is 5.74. The third kappa shape index (κ3) is 5.35. The van der Waals surface area contributed by atoms with Gasteiger partial charge < -0.3 is 15.3 Å². The number of urea groups is 1. The molecule has 0 aromatic carbocycles. The number of carboxylic acids is 1. The van der Waals surface area contributed by atoms with Gasteiger partial charge in [0.05, 0.1) is 6.54 Å². The molecule has 0 radical (unpaired) electrons. The molecule has 6 heteroatoms. The van der Waals surface area contributed by atoms with Gasteiger partial charge in [0.2, 0.25) is 0 Å². The quantitative estimate of drug-likeness (QED) is 0.750. The van der Waals surface area contributed by atoms with E-state index in [1.165, 1.54) is 0 Å². The van der Waals surface area contributed by atoms with Gasteiger partial charge in [-0.3, -0.25) is 9.69 Å². The Morgan fingerprint density at radius 2 is 1.83 bits per heavy atom. The first kappa shape index (κ1) is 14.8. The van der Waals surface area contributed by atoms with Crippen molar-refractivity contribution in [3.8, 4) is 0 Å². The van der Waals surface area contributed by atoms with E-state index in [0.29, 0.717) is 38.6 Å². The van der Waals surface area contributed by atoms with Gasteiger partial charge in [0.1, 0.15) is 0 Å². The van der Waals surface area contributed by atoms with Crippen molar-refractivity contribution < 1.29 is 14.7 Å². The van der Waals surface area contributed by atoms with E-state index in [9.17, 15) is 9.59 Å². The van der Waals surface area contributed by atoms with Crippen molar-refractivity contribution in [2.24, 2.45) is 5.92 Å². The van der Waals surface area contributed by atoms with E-state index in [1.54, 1.807) is 4.90 Å². The van der Waals surface area contributed by atoms with Crippen LogP contribution in [0.3, 0.4) is 0 Å². The minimum Gasteiger partial charge on any atom is -0.480 e. The lowest BCUT2D eigenvalue weighted by Gasteiger charge is -2.33. The molecule has 6 nitrogen and oxygen atoms in total. The third-order valence-corrected chi connectivity index (χ3v) is 3.02. The topological polar surface area (TPSA) is 72.9 Å². The van der Waals surface area contributed by atoms with E-state index in [2.05, 4.69) is 19.2 Å². The number of carbonyl (C=O) groups is 2. The minimum absolute atomic E-state index is 0.0365. The molecule has 0 aromatic rings. The lowest BCUT2D eigenvalue weighted by atomic mass is 10.1. The van der Waals surface area contributed by atoms with E-state index in [-0.39, 0.29) is 12.6 Å². The number of carbonyl (C=O) groups excluding carboxylic acids is 1. The van der Waals surface area contributed by atoms with Crippen molar-refractivity contribution in [1.29, 1.82) is 0 Å². The van der Waals surface area contributed by atoms with Gasteiger partial charge in [-0.05, 0) is 12.3 Å². The molecule has 1 fully saturated rings. The maximum Gasteiger partial charge on any atom is 0.317 e. The summed E-state index contributed by atoms with van der Waals surface area (Å²) in [4.78, 5) is 25.9. The van der Waals surface area contributed by atoms with Gasteiger partial charge in [0.25, 0.3) is 0 Å². The van der Waals surface area contributed by atoms with Gasteiger partial charge in [0, 0.05) is 32.7 Å². The van der Waals surface area contributed by atoms with E-state index in [0.717, 1.165) is 6.42 Å². The van der Waals surface area contributed by atoms with Gasteiger partial charge >= 0.3 is 12.0 Å². The summed E-state index contributed by atoms with van der Waals surface area (Å²) in [5.74, 6) is -0.234. The lowest BCUT2D eigenvalue weighted by Crippen LogP contribution is -2.52. The molecular weight excluding hydrogens is 234 g/mol. The van der Waals surface area contributed by atoms with Crippen LogP contribution in [-0.2, 0) is 4.79 Å². The molecule has 1 rings (SSSR count). The fraction of sp³-hybridized carbons (Fsp3) is 0.833. The van der Waals surface area contributed by atoms with Crippen LogP contribution in [0.15, 0.2) is 0 Å². The molecule has 104 valence electrons. The summed E-state index contributed by atoms with van der Waals surface area (Å²) < 4.78 is 0. The Morgan fingerprint density at radius 3 is 2.33 bits per heavy atom. The summed E-state index contributed by atoms with van der Waals surface area (Å²) in [6, 6.07) is -0.0365. The Labute approximate surface area is 108 Å². The predicted octanol–water partition coefficient (Wildman–Crippen LogP) is 0.444. The van der Waals surface area contributed by atoms with Crippen LogP contribution in [0, 0.1) is 5.92 Å². The predicted molar refractivity (Wildman–Crippen MR) is 68.5 cm³/mol. The van der Waals surface area contributed by atoms with Crippen LogP contribution >= 0.6 is 0 Å². The Bertz CT molecular complexity index is 286. The van der Waals surface area contributed by atoms with E-state index < -0.39 is 5.97 Å². The highest BCUT2D eigenvalue weighted by Crippen LogP contribution is 2.02. The van der Waals surface area contributed by atoms with E-state index in [4.69, 9.17) is 5.11 Å². The fourth-order valence-corrected chi connectivity index (χ4v) is 1.88. The van der Waals surface area contributed by atoms with Gasteiger partial charge in [0.15, 0.2) is 0 Å². The zero-order valence-electron chi connectivity index (χ0n) is 11.2. The van der Waals surface area contributed by atoms with Crippen LogP contribution in [0.2, 0.25) is 0 Å². The Balaban J connectivity index is 2.21. The SMILES string of the molecule is CC(C)CCNC(=O)N1CCN(CC(=O)O)CC1. The molecule has 0 bridgehead atoms. The second kappa shape index (κ2) is 7.20. The normalized spacial score (nSPS) is 16.9. The number of piperazine rings is 1. The average molecular weight is 257 g/mol. The summed E-state index contributed by atoms with van der Waals surface area (Å²) in [5.41, 5.74) is 0. The molecule has 2 N–H and O–H groups in total. The van der Waals surface area contributed by atoms with Gasteiger partial charge in [-0.1, -0.05) is 13.8 Å². The monoisotopic (exact) mass is 257 g/mol. The third-order valence-electron chi connectivity index (χ3n) is 3.02. The first-order valence-corrected chi connectivity index (χ1v) is 6.46. The van der Waals surface area contributed by atoms with Gasteiger partial charge in [-0.2, -0.15) is 0 Å². The maximum atomic E-state index is 11.8. The molecule has 0 aromatic heterocycles. The maximum absolute atomic E-state index is 11.8. The summed E-state index contributed by atoms with van der Waals surface area (Å²) in [6.07, 6.45) is 0.977. The van der Waals surface area contributed by atoms with E-state index in [1.807, 2.05) is 4.90 Å². The number of nitrogens with zero attached hydrogens (tertiary/aromatic N) is 2. The zero-order chi connectivity index (χ0) is 13.5. The molecule has 18 heavy (non-hydrogen) atoms. The van der Waals surface area contributed by atoms with Crippen LogP contribution in [0.25, 0.3) is 0 Å². The van der Waals surface area contributed by atoms with Crippen molar-refractivity contribution in [2.45, 2.75) is 20.3 Å². The van der Waals surface area contributed by atoms with Crippen LogP contribution < -0.4 is 5.32 Å². The highest BCUT2D eigenvalue weighted by atomic mass is 16.4. The second-order valence-electron chi connectivity index (χ2n) is 5.07. The van der Waals surface area contributed by atoms with Crippen molar-refractivity contribution in [1.82, 2.24) is 15.1 Å². The fourth-order valence-electron chi connectivity index (χ4n) is 1.88. The number of aliphatic carboxylic acids is 1. The molecule has 0 saturated carbocycles. The first-order chi connectivity index (χ1) is 8.49. The summed E-state index contributed by atoms with van der Waals surface area (Å²) in [5, 5.41) is 11.6. The van der Waals surface area contributed by atoms with Crippen LogP contribution in [0.4, 0.5) is 4.79 Å². The van der Waals surface area contributed by atoms with Crippen molar-refractivity contribution in [3.05, 3.63) is 0 Å². The molecular formula is C12H23N3O3. The van der Waals surface area contributed by atoms with E-state index >= 15 is 0 Å². The van der Waals surface area contributed by atoms with Crippen molar-refractivity contribution >= 4 is 12.0 Å². The molecule has 1 saturated heterocycles. The number of nitrogens with one attached hydrogen (secondary N) is 1. The lowest BCUT2D eigenvalue weighted by molar-refractivity contribution is -0.138. The smallest absolute Gasteiger partial charge is 0.317 e. The van der Waals surface area contributed by atoms with Crippen molar-refractivity contribution in [3.63, 3.8) is 0 Å². The molecule has 0 aliphatic carbocycles. The minimum atomic E-state index is -0.815. The average Bonchev–Trinajstić information content (AvgIpc) is 2.28. The van der Waals surface area contributed by atoms with Gasteiger partial charge in [-0.25, -0.2) is 4.79 Å². The molecule has 1 aliphatic heterocycles.